The Morgan fingerprint density at radius 3 is 2.44 bits per heavy atom. The molecule has 0 amide bonds. The third kappa shape index (κ3) is 5.63. The Morgan fingerprint density at radius 1 is 1.16 bits per heavy atom. The first-order valence-corrected chi connectivity index (χ1v) is 9.20. The summed E-state index contributed by atoms with van der Waals surface area (Å²) in [5.41, 5.74) is 1.22. The van der Waals surface area contributed by atoms with Crippen molar-refractivity contribution in [2.45, 2.75) is 58.0 Å². The van der Waals surface area contributed by atoms with Gasteiger partial charge in [-0.05, 0) is 63.6 Å². The fourth-order valence-corrected chi connectivity index (χ4v) is 3.58. The van der Waals surface area contributed by atoms with Gasteiger partial charge in [0.1, 0.15) is 0 Å². The number of methoxy groups -OCH3 is 2. The summed E-state index contributed by atoms with van der Waals surface area (Å²) in [6.07, 6.45) is 4.82. The number of carbonyl (C=O) groups excluding carboxylic acids is 1. The molecule has 1 fully saturated rings. The van der Waals surface area contributed by atoms with Crippen LogP contribution < -0.4 is 14.8 Å². The molecule has 0 bridgehead atoms. The minimum atomic E-state index is -0.0284. The van der Waals surface area contributed by atoms with Gasteiger partial charge in [0.2, 0.25) is 0 Å². The number of hydrogen-bond donors (Lipinski definition) is 1. The van der Waals surface area contributed by atoms with Gasteiger partial charge in [-0.3, -0.25) is 4.79 Å². The van der Waals surface area contributed by atoms with Crippen LogP contribution in [0.2, 0.25) is 0 Å². The van der Waals surface area contributed by atoms with Crippen molar-refractivity contribution in [2.75, 3.05) is 20.8 Å². The second-order valence-electron chi connectivity index (χ2n) is 6.76. The van der Waals surface area contributed by atoms with Crippen LogP contribution in [0.25, 0.3) is 0 Å². The highest BCUT2D eigenvalue weighted by Crippen LogP contribution is 2.29. The molecule has 1 aromatic carbocycles. The van der Waals surface area contributed by atoms with Gasteiger partial charge in [-0.1, -0.05) is 6.07 Å². The molecule has 1 saturated carbocycles. The van der Waals surface area contributed by atoms with E-state index in [0.29, 0.717) is 18.7 Å². The summed E-state index contributed by atoms with van der Waals surface area (Å²) >= 11 is 0. The Hall–Kier alpha value is -1.75. The Kier molecular flexibility index (Phi) is 7.56. The van der Waals surface area contributed by atoms with Crippen LogP contribution >= 0.6 is 0 Å². The van der Waals surface area contributed by atoms with Crippen LogP contribution in [0.3, 0.4) is 0 Å². The van der Waals surface area contributed by atoms with Crippen LogP contribution in [0.1, 0.15) is 45.1 Å². The number of ether oxygens (including phenoxy) is 3. The van der Waals surface area contributed by atoms with Crippen molar-refractivity contribution >= 4 is 5.97 Å². The fourth-order valence-electron chi connectivity index (χ4n) is 3.58. The molecule has 1 N–H and O–H groups in total. The standard InChI is InChI=1S/C20H31NO4/c1-5-25-20(22)16-7-9-17(10-8-16)21-14(2)12-15-6-11-18(23-3)19(13-15)24-4/h6,11,13-14,16-17,21H,5,7-10,12H2,1-4H3. The van der Waals surface area contributed by atoms with E-state index in [9.17, 15) is 4.79 Å². The largest absolute Gasteiger partial charge is 0.493 e. The average Bonchev–Trinajstić information content (AvgIpc) is 2.62. The molecule has 0 aliphatic heterocycles. The van der Waals surface area contributed by atoms with E-state index in [1.807, 2.05) is 19.1 Å². The van der Waals surface area contributed by atoms with E-state index >= 15 is 0 Å². The van der Waals surface area contributed by atoms with Gasteiger partial charge in [0.15, 0.2) is 11.5 Å². The Bertz CT molecular complexity index is 553. The summed E-state index contributed by atoms with van der Waals surface area (Å²) in [5, 5.41) is 3.70. The zero-order valence-electron chi connectivity index (χ0n) is 15.8. The molecule has 0 spiro atoms. The summed E-state index contributed by atoms with van der Waals surface area (Å²) in [6.45, 7) is 4.54. The molecule has 25 heavy (non-hydrogen) atoms. The molecule has 5 heteroatoms. The lowest BCUT2D eigenvalue weighted by Crippen LogP contribution is -2.41. The number of hydrogen-bond acceptors (Lipinski definition) is 5. The zero-order valence-corrected chi connectivity index (χ0v) is 15.8. The van der Waals surface area contributed by atoms with Crippen LogP contribution in [-0.4, -0.2) is 38.9 Å². The molecule has 1 aliphatic rings. The number of rotatable bonds is 8. The molecule has 0 aromatic heterocycles. The Labute approximate surface area is 151 Å². The number of benzene rings is 1. The van der Waals surface area contributed by atoms with Crippen LogP contribution in [0.15, 0.2) is 18.2 Å². The Balaban J connectivity index is 1.81. The summed E-state index contributed by atoms with van der Waals surface area (Å²) in [4.78, 5) is 11.8. The van der Waals surface area contributed by atoms with E-state index in [2.05, 4.69) is 18.3 Å². The summed E-state index contributed by atoms with van der Waals surface area (Å²) in [6, 6.07) is 6.90. The van der Waals surface area contributed by atoms with Crippen LogP contribution in [-0.2, 0) is 16.0 Å². The molecule has 0 saturated heterocycles. The smallest absolute Gasteiger partial charge is 0.308 e. The molecule has 140 valence electrons. The van der Waals surface area contributed by atoms with Gasteiger partial charge in [-0.2, -0.15) is 0 Å². The van der Waals surface area contributed by atoms with Crippen molar-refractivity contribution < 1.29 is 19.0 Å². The van der Waals surface area contributed by atoms with Gasteiger partial charge in [0, 0.05) is 12.1 Å². The number of esters is 1. The molecule has 0 radical (unpaired) electrons. The minimum absolute atomic E-state index is 0.0284. The lowest BCUT2D eigenvalue weighted by atomic mass is 9.85. The third-order valence-electron chi connectivity index (χ3n) is 4.86. The first-order valence-electron chi connectivity index (χ1n) is 9.20. The van der Waals surface area contributed by atoms with Crippen molar-refractivity contribution in [3.8, 4) is 11.5 Å². The van der Waals surface area contributed by atoms with Gasteiger partial charge in [-0.15, -0.1) is 0 Å². The summed E-state index contributed by atoms with van der Waals surface area (Å²) in [7, 11) is 3.31. The van der Waals surface area contributed by atoms with Crippen LogP contribution in [0, 0.1) is 5.92 Å². The predicted molar refractivity (Wildman–Crippen MR) is 98.2 cm³/mol. The average molecular weight is 349 g/mol. The highest BCUT2D eigenvalue weighted by molar-refractivity contribution is 5.72. The van der Waals surface area contributed by atoms with E-state index in [4.69, 9.17) is 14.2 Å². The highest BCUT2D eigenvalue weighted by Gasteiger charge is 2.27. The van der Waals surface area contributed by atoms with E-state index in [0.717, 1.165) is 43.6 Å². The van der Waals surface area contributed by atoms with Crippen molar-refractivity contribution in [3.63, 3.8) is 0 Å². The number of carbonyl (C=O) groups is 1. The van der Waals surface area contributed by atoms with Crippen molar-refractivity contribution in [1.82, 2.24) is 5.32 Å². The maximum Gasteiger partial charge on any atom is 0.308 e. The predicted octanol–water partition coefficient (Wildman–Crippen LogP) is 3.35. The first kappa shape index (κ1) is 19.6. The molecular weight excluding hydrogens is 318 g/mol. The van der Waals surface area contributed by atoms with Gasteiger partial charge in [0.25, 0.3) is 0 Å². The van der Waals surface area contributed by atoms with E-state index in [1.54, 1.807) is 14.2 Å². The molecule has 5 nitrogen and oxygen atoms in total. The second kappa shape index (κ2) is 9.66. The van der Waals surface area contributed by atoms with Crippen molar-refractivity contribution in [3.05, 3.63) is 23.8 Å². The molecule has 1 unspecified atom stereocenters. The van der Waals surface area contributed by atoms with Gasteiger partial charge >= 0.3 is 5.97 Å². The molecule has 2 rings (SSSR count). The van der Waals surface area contributed by atoms with Crippen molar-refractivity contribution in [1.29, 1.82) is 0 Å². The van der Waals surface area contributed by atoms with E-state index < -0.39 is 0 Å². The van der Waals surface area contributed by atoms with Crippen molar-refractivity contribution in [2.24, 2.45) is 5.92 Å². The van der Waals surface area contributed by atoms with Crippen LogP contribution in [0.5, 0.6) is 11.5 Å². The van der Waals surface area contributed by atoms with Gasteiger partial charge in [0.05, 0.1) is 26.7 Å². The molecule has 1 atom stereocenters. The molecule has 0 heterocycles. The maximum absolute atomic E-state index is 11.8. The maximum atomic E-state index is 11.8. The quantitative estimate of drug-likeness (QED) is 0.730. The lowest BCUT2D eigenvalue weighted by Gasteiger charge is -2.30. The topological polar surface area (TPSA) is 56.8 Å². The highest BCUT2D eigenvalue weighted by atomic mass is 16.5. The SMILES string of the molecule is CCOC(=O)C1CCC(NC(C)Cc2ccc(OC)c(OC)c2)CC1. The monoisotopic (exact) mass is 349 g/mol. The molecule has 1 aromatic rings. The normalized spacial score (nSPS) is 21.4. The minimum Gasteiger partial charge on any atom is -0.493 e. The first-order chi connectivity index (χ1) is 12.1. The van der Waals surface area contributed by atoms with Gasteiger partial charge in [-0.25, -0.2) is 0 Å². The second-order valence-corrected chi connectivity index (χ2v) is 6.76. The third-order valence-corrected chi connectivity index (χ3v) is 4.86. The zero-order chi connectivity index (χ0) is 18.2. The molecular formula is C20H31NO4. The van der Waals surface area contributed by atoms with Gasteiger partial charge < -0.3 is 19.5 Å². The van der Waals surface area contributed by atoms with E-state index in [-0.39, 0.29) is 11.9 Å². The molecule has 1 aliphatic carbocycles. The summed E-state index contributed by atoms with van der Waals surface area (Å²) < 4.78 is 15.8. The fraction of sp³-hybridized carbons (Fsp3) is 0.650. The lowest BCUT2D eigenvalue weighted by molar-refractivity contribution is -0.149. The number of nitrogens with one attached hydrogen (secondary N) is 1. The van der Waals surface area contributed by atoms with E-state index in [1.165, 1.54) is 5.56 Å². The van der Waals surface area contributed by atoms with Crippen LogP contribution in [0.4, 0.5) is 0 Å². The summed E-state index contributed by atoms with van der Waals surface area (Å²) in [5.74, 6) is 1.57. The Morgan fingerprint density at radius 2 is 1.84 bits per heavy atom.